The number of hydrogen-bond donors (Lipinski definition) is 1. The van der Waals surface area contributed by atoms with Crippen LogP contribution in [-0.2, 0) is 15.0 Å². The summed E-state index contributed by atoms with van der Waals surface area (Å²) in [6.45, 7) is 1.24. The molecule has 2 aromatic rings. The molecule has 2 aromatic carbocycles. The first kappa shape index (κ1) is 21.0. The number of carbonyl (C=O) groups excluding carboxylic acids is 1. The van der Waals surface area contributed by atoms with Gasteiger partial charge in [-0.3, -0.25) is 9.59 Å². The topological polar surface area (TPSA) is 57.6 Å². The van der Waals surface area contributed by atoms with Crippen molar-refractivity contribution in [3.05, 3.63) is 75.3 Å². The number of piperidine rings is 1. The minimum absolute atomic E-state index is 0.0291. The van der Waals surface area contributed by atoms with Gasteiger partial charge in [0.2, 0.25) is 5.91 Å². The number of rotatable bonds is 4. The standard InChI is InChI=1S/C24H23Cl2NO3/c25-19-6-2-1-4-16(19)8-9-21(28)27-12-10-24(11-13-27)15-17(14-22(29)30)18-5-3-7-20(26)23(18)24/h1-9,17H,10-15H2,(H,29,30)/b9-8+. The largest absolute Gasteiger partial charge is 0.481 e. The van der Waals surface area contributed by atoms with Crippen molar-refractivity contribution in [3.8, 4) is 0 Å². The van der Waals surface area contributed by atoms with Gasteiger partial charge in [0.25, 0.3) is 0 Å². The van der Waals surface area contributed by atoms with Crippen LogP contribution in [0.4, 0.5) is 0 Å². The van der Waals surface area contributed by atoms with Crippen LogP contribution in [-0.4, -0.2) is 35.0 Å². The number of hydrogen-bond acceptors (Lipinski definition) is 2. The van der Waals surface area contributed by atoms with Crippen LogP contribution in [0.1, 0.15) is 48.3 Å². The Labute approximate surface area is 186 Å². The second-order valence-corrected chi connectivity index (χ2v) is 8.98. The second-order valence-electron chi connectivity index (χ2n) is 8.16. The third-order valence-corrected chi connectivity index (χ3v) is 7.08. The summed E-state index contributed by atoms with van der Waals surface area (Å²) in [5.41, 5.74) is 2.81. The summed E-state index contributed by atoms with van der Waals surface area (Å²) >= 11 is 12.7. The molecule has 0 bridgehead atoms. The molecule has 1 amide bonds. The Morgan fingerprint density at radius 3 is 2.47 bits per heavy atom. The van der Waals surface area contributed by atoms with E-state index in [1.165, 1.54) is 0 Å². The molecule has 1 heterocycles. The lowest BCUT2D eigenvalue weighted by Crippen LogP contribution is -2.44. The molecule has 1 fully saturated rings. The highest BCUT2D eigenvalue weighted by molar-refractivity contribution is 6.32. The fraction of sp³-hybridized carbons (Fsp3) is 0.333. The number of carboxylic acid groups (broad SMARTS) is 1. The number of likely N-dealkylation sites (tertiary alicyclic amines) is 1. The number of fused-ring (bicyclic) bond motifs is 2. The molecule has 1 aliphatic heterocycles. The summed E-state index contributed by atoms with van der Waals surface area (Å²) in [7, 11) is 0. The molecule has 1 saturated heterocycles. The first-order valence-corrected chi connectivity index (χ1v) is 10.9. The molecule has 1 aliphatic carbocycles. The van der Waals surface area contributed by atoms with Gasteiger partial charge in [-0.05, 0) is 60.1 Å². The Balaban J connectivity index is 1.49. The molecule has 1 N–H and O–H groups in total. The van der Waals surface area contributed by atoms with Gasteiger partial charge in [-0.2, -0.15) is 0 Å². The van der Waals surface area contributed by atoms with Crippen LogP contribution in [0.5, 0.6) is 0 Å². The summed E-state index contributed by atoms with van der Waals surface area (Å²) < 4.78 is 0. The maximum atomic E-state index is 12.7. The molecule has 1 unspecified atom stereocenters. The number of carboxylic acids is 1. The Morgan fingerprint density at radius 2 is 1.77 bits per heavy atom. The Morgan fingerprint density at radius 1 is 1.07 bits per heavy atom. The SMILES string of the molecule is O=C(O)CC1CC2(CCN(C(=O)/C=C/c3ccccc3Cl)CC2)c2c(Cl)cccc21. The maximum absolute atomic E-state index is 12.7. The van der Waals surface area contributed by atoms with Crippen LogP contribution in [0.25, 0.3) is 6.08 Å². The van der Waals surface area contributed by atoms with Crippen LogP contribution >= 0.6 is 23.2 Å². The van der Waals surface area contributed by atoms with Gasteiger partial charge in [0.15, 0.2) is 0 Å². The van der Waals surface area contributed by atoms with Crippen molar-refractivity contribution in [1.82, 2.24) is 4.90 Å². The Hall–Kier alpha value is -2.30. The minimum Gasteiger partial charge on any atom is -0.481 e. The molecule has 2 aliphatic rings. The fourth-order valence-electron chi connectivity index (χ4n) is 5.00. The van der Waals surface area contributed by atoms with E-state index in [-0.39, 0.29) is 23.7 Å². The zero-order chi connectivity index (χ0) is 21.3. The number of benzene rings is 2. The second kappa shape index (κ2) is 8.44. The summed E-state index contributed by atoms with van der Waals surface area (Å²) in [5.74, 6) is -0.858. The van der Waals surface area contributed by atoms with Gasteiger partial charge in [-0.15, -0.1) is 0 Å². The van der Waals surface area contributed by atoms with Gasteiger partial charge < -0.3 is 10.0 Å². The molecular formula is C24H23Cl2NO3. The lowest BCUT2D eigenvalue weighted by atomic mass is 9.73. The van der Waals surface area contributed by atoms with Gasteiger partial charge in [-0.1, -0.05) is 53.5 Å². The molecule has 0 radical (unpaired) electrons. The van der Waals surface area contributed by atoms with Crippen LogP contribution in [0.2, 0.25) is 10.0 Å². The first-order valence-electron chi connectivity index (χ1n) is 10.1. The molecule has 0 aromatic heterocycles. The van der Waals surface area contributed by atoms with Gasteiger partial charge in [0, 0.05) is 34.6 Å². The molecule has 4 nitrogen and oxygen atoms in total. The van der Waals surface area contributed by atoms with E-state index in [4.69, 9.17) is 23.2 Å². The molecule has 1 atom stereocenters. The molecule has 30 heavy (non-hydrogen) atoms. The van der Waals surface area contributed by atoms with E-state index in [2.05, 4.69) is 0 Å². The molecule has 4 rings (SSSR count). The van der Waals surface area contributed by atoms with Crippen LogP contribution in [0.3, 0.4) is 0 Å². The summed E-state index contributed by atoms with van der Waals surface area (Å²) in [6, 6.07) is 13.2. The van der Waals surface area contributed by atoms with E-state index in [1.54, 1.807) is 18.2 Å². The van der Waals surface area contributed by atoms with Gasteiger partial charge in [-0.25, -0.2) is 0 Å². The lowest BCUT2D eigenvalue weighted by Gasteiger charge is -2.40. The predicted octanol–water partition coefficient (Wildman–Crippen LogP) is 5.53. The molecule has 156 valence electrons. The van der Waals surface area contributed by atoms with Crippen molar-refractivity contribution < 1.29 is 14.7 Å². The highest BCUT2D eigenvalue weighted by atomic mass is 35.5. The molecule has 0 saturated carbocycles. The van der Waals surface area contributed by atoms with Crippen molar-refractivity contribution in [2.24, 2.45) is 0 Å². The monoisotopic (exact) mass is 443 g/mol. The predicted molar refractivity (Wildman–Crippen MR) is 119 cm³/mol. The van der Waals surface area contributed by atoms with Crippen molar-refractivity contribution >= 4 is 41.2 Å². The van der Waals surface area contributed by atoms with Crippen LogP contribution in [0.15, 0.2) is 48.5 Å². The smallest absolute Gasteiger partial charge is 0.303 e. The van der Waals surface area contributed by atoms with E-state index >= 15 is 0 Å². The summed E-state index contributed by atoms with van der Waals surface area (Å²) in [6.07, 6.45) is 5.77. The zero-order valence-corrected chi connectivity index (χ0v) is 18.0. The van der Waals surface area contributed by atoms with Crippen molar-refractivity contribution in [2.45, 2.75) is 37.0 Å². The number of aliphatic carboxylic acids is 1. The van der Waals surface area contributed by atoms with E-state index in [1.807, 2.05) is 41.3 Å². The number of nitrogens with zero attached hydrogens (tertiary/aromatic N) is 1. The minimum atomic E-state index is -0.791. The van der Waals surface area contributed by atoms with E-state index in [0.717, 1.165) is 36.0 Å². The van der Waals surface area contributed by atoms with Crippen molar-refractivity contribution in [2.75, 3.05) is 13.1 Å². The molecule has 1 spiro atoms. The first-order chi connectivity index (χ1) is 14.4. The van der Waals surface area contributed by atoms with Crippen LogP contribution < -0.4 is 0 Å². The Kier molecular flexibility index (Phi) is 5.90. The average Bonchev–Trinajstić information content (AvgIpc) is 3.01. The van der Waals surface area contributed by atoms with Gasteiger partial charge in [0.05, 0.1) is 6.42 Å². The van der Waals surface area contributed by atoms with Gasteiger partial charge in [0.1, 0.15) is 0 Å². The molecule has 6 heteroatoms. The van der Waals surface area contributed by atoms with E-state index in [9.17, 15) is 14.7 Å². The normalized spacial score (nSPS) is 19.9. The third kappa shape index (κ3) is 3.99. The summed E-state index contributed by atoms with van der Waals surface area (Å²) in [4.78, 5) is 25.9. The zero-order valence-electron chi connectivity index (χ0n) is 16.5. The average molecular weight is 444 g/mol. The number of halogens is 2. The third-order valence-electron chi connectivity index (χ3n) is 6.42. The van der Waals surface area contributed by atoms with Gasteiger partial charge >= 0.3 is 5.97 Å². The quantitative estimate of drug-likeness (QED) is 0.631. The summed E-state index contributed by atoms with van der Waals surface area (Å²) in [5, 5.41) is 10.7. The van der Waals surface area contributed by atoms with Crippen molar-refractivity contribution in [3.63, 3.8) is 0 Å². The highest BCUT2D eigenvalue weighted by Crippen LogP contribution is 2.54. The van der Waals surface area contributed by atoms with Crippen LogP contribution in [0, 0.1) is 0 Å². The fourth-order valence-corrected chi connectivity index (χ4v) is 5.58. The lowest BCUT2D eigenvalue weighted by molar-refractivity contribution is -0.137. The van der Waals surface area contributed by atoms with E-state index in [0.29, 0.717) is 23.1 Å². The maximum Gasteiger partial charge on any atom is 0.303 e. The highest BCUT2D eigenvalue weighted by Gasteiger charge is 2.47. The van der Waals surface area contributed by atoms with Crippen molar-refractivity contribution in [1.29, 1.82) is 0 Å². The molecular weight excluding hydrogens is 421 g/mol. The Bertz CT molecular complexity index is 1010. The van der Waals surface area contributed by atoms with E-state index < -0.39 is 5.97 Å². The number of carbonyl (C=O) groups is 2. The number of amides is 1.